The van der Waals surface area contributed by atoms with Crippen LogP contribution in [0.15, 0.2) is 12.2 Å². The number of unbranched alkanes of at least 4 members (excludes halogenated alkanes) is 3. The summed E-state index contributed by atoms with van der Waals surface area (Å²) in [4.78, 5) is 23.5. The number of hydrogen-bond acceptors (Lipinski definition) is 3. The van der Waals surface area contributed by atoms with Gasteiger partial charge in [0.2, 0.25) is 0 Å². The van der Waals surface area contributed by atoms with Crippen molar-refractivity contribution in [2.24, 2.45) is 0 Å². The van der Waals surface area contributed by atoms with Gasteiger partial charge in [-0.05, 0) is 19.3 Å². The zero-order chi connectivity index (χ0) is 20.3. The lowest BCUT2D eigenvalue weighted by Crippen LogP contribution is -2.36. The van der Waals surface area contributed by atoms with Gasteiger partial charge in [0.25, 0.3) is 5.91 Å². The number of likely N-dealkylation sites (tertiary alicyclic amines) is 1. The van der Waals surface area contributed by atoms with E-state index in [1.54, 1.807) is 0 Å². The van der Waals surface area contributed by atoms with Gasteiger partial charge in [0.15, 0.2) is 0 Å². The van der Waals surface area contributed by atoms with Gasteiger partial charge < -0.3 is 15.1 Å². The average molecular weight is 385 g/mol. The molecule has 1 heterocycles. The maximum Gasteiger partial charge on any atom is 0.327 e. The molecular formula is C20H29F2NO4. The third kappa shape index (κ3) is 8.53. The smallest absolute Gasteiger partial charge is 0.327 e. The summed E-state index contributed by atoms with van der Waals surface area (Å²) < 4.78 is 27.6. The van der Waals surface area contributed by atoms with Crippen LogP contribution in [-0.2, 0) is 9.59 Å². The summed E-state index contributed by atoms with van der Waals surface area (Å²) in [5, 5.41) is 18.5. The van der Waals surface area contributed by atoms with Crippen LogP contribution >= 0.6 is 0 Å². The number of amides is 1. The van der Waals surface area contributed by atoms with E-state index in [9.17, 15) is 23.5 Å². The lowest BCUT2D eigenvalue weighted by Gasteiger charge is -2.22. The fraction of sp³-hybridized carbons (Fsp3) is 0.700. The molecular weight excluding hydrogens is 356 g/mol. The molecule has 152 valence electrons. The number of carboxylic acids is 1. The van der Waals surface area contributed by atoms with Gasteiger partial charge in [0, 0.05) is 32.2 Å². The van der Waals surface area contributed by atoms with E-state index in [1.807, 2.05) is 6.92 Å². The molecule has 1 aliphatic rings. The summed E-state index contributed by atoms with van der Waals surface area (Å²) in [7, 11) is 0. The van der Waals surface area contributed by atoms with Gasteiger partial charge in [-0.3, -0.25) is 9.59 Å². The number of hydrogen-bond donors (Lipinski definition) is 2. The van der Waals surface area contributed by atoms with Gasteiger partial charge in [-0.25, -0.2) is 0 Å². The SMILES string of the molecule is CCC#CCC[C@H](O)C=C[C@H]1CC(F)(F)C(=O)N1CCCCCCC(=O)O. The van der Waals surface area contributed by atoms with Crippen molar-refractivity contribution in [2.75, 3.05) is 6.54 Å². The minimum absolute atomic E-state index is 0.0899. The van der Waals surface area contributed by atoms with E-state index in [-0.39, 0.29) is 13.0 Å². The molecule has 1 fully saturated rings. The lowest BCUT2D eigenvalue weighted by molar-refractivity contribution is -0.148. The molecule has 0 bridgehead atoms. The first kappa shape index (κ1) is 23.1. The molecule has 0 unspecified atom stereocenters. The molecule has 0 spiro atoms. The Morgan fingerprint density at radius 2 is 2.04 bits per heavy atom. The first-order valence-corrected chi connectivity index (χ1v) is 9.50. The molecule has 2 N–H and O–H groups in total. The molecule has 5 nitrogen and oxygen atoms in total. The average Bonchev–Trinajstić information content (AvgIpc) is 2.82. The number of halogens is 2. The van der Waals surface area contributed by atoms with E-state index in [0.29, 0.717) is 38.5 Å². The Kier molecular flexibility index (Phi) is 10.0. The molecule has 0 aromatic heterocycles. The minimum Gasteiger partial charge on any atom is -0.481 e. The van der Waals surface area contributed by atoms with E-state index < -0.39 is 36.4 Å². The normalized spacial score (nSPS) is 19.9. The monoisotopic (exact) mass is 385 g/mol. The number of carbonyl (C=O) groups is 2. The van der Waals surface area contributed by atoms with E-state index in [2.05, 4.69) is 11.8 Å². The maximum atomic E-state index is 13.8. The second-order valence-corrected chi connectivity index (χ2v) is 6.73. The van der Waals surface area contributed by atoms with Crippen molar-refractivity contribution in [1.29, 1.82) is 0 Å². The first-order valence-electron chi connectivity index (χ1n) is 9.50. The zero-order valence-electron chi connectivity index (χ0n) is 15.8. The van der Waals surface area contributed by atoms with E-state index in [1.165, 1.54) is 12.2 Å². The Labute approximate surface area is 159 Å². The highest BCUT2D eigenvalue weighted by Gasteiger charge is 2.52. The fourth-order valence-corrected chi connectivity index (χ4v) is 2.96. The minimum atomic E-state index is -3.38. The molecule has 27 heavy (non-hydrogen) atoms. The summed E-state index contributed by atoms with van der Waals surface area (Å²) in [5.41, 5.74) is 0. The molecule has 1 saturated heterocycles. The number of nitrogens with zero attached hydrogens (tertiary/aromatic N) is 1. The van der Waals surface area contributed by atoms with Crippen molar-refractivity contribution >= 4 is 11.9 Å². The Bertz CT molecular complexity index is 580. The lowest BCUT2D eigenvalue weighted by atomic mass is 10.1. The van der Waals surface area contributed by atoms with Crippen LogP contribution in [0.2, 0.25) is 0 Å². The summed E-state index contributed by atoms with van der Waals surface area (Å²) in [5.74, 6) is 0.401. The van der Waals surface area contributed by atoms with E-state index in [0.717, 1.165) is 11.3 Å². The van der Waals surface area contributed by atoms with Crippen molar-refractivity contribution in [1.82, 2.24) is 4.90 Å². The maximum absolute atomic E-state index is 13.8. The van der Waals surface area contributed by atoms with Gasteiger partial charge in [0.05, 0.1) is 12.1 Å². The predicted molar refractivity (Wildman–Crippen MR) is 98.2 cm³/mol. The second-order valence-electron chi connectivity index (χ2n) is 6.73. The summed E-state index contributed by atoms with van der Waals surface area (Å²) in [6, 6.07) is -0.733. The topological polar surface area (TPSA) is 77.8 Å². The van der Waals surface area contributed by atoms with Gasteiger partial charge >= 0.3 is 11.9 Å². The number of aliphatic carboxylic acids is 1. The highest BCUT2D eigenvalue weighted by molar-refractivity contribution is 5.86. The van der Waals surface area contributed by atoms with Crippen LogP contribution < -0.4 is 0 Å². The number of carboxylic acid groups (broad SMARTS) is 1. The van der Waals surface area contributed by atoms with Crippen LogP contribution in [-0.4, -0.2) is 51.6 Å². The molecule has 1 aliphatic heterocycles. The quantitative estimate of drug-likeness (QED) is 0.325. The standard InChI is InChI=1S/C20H29F2NO4/c1-2-3-4-7-10-17(24)13-12-16-15-20(21,22)19(27)23(16)14-9-6-5-8-11-18(25)26/h12-13,16-17,24H,2,5-11,14-15H2,1H3,(H,25,26)/t16-,17-/m0/s1. The zero-order valence-corrected chi connectivity index (χ0v) is 15.8. The van der Waals surface area contributed by atoms with Crippen molar-refractivity contribution in [2.45, 2.75) is 82.8 Å². The summed E-state index contributed by atoms with van der Waals surface area (Å²) in [6.07, 6.45) is 5.82. The third-order valence-electron chi connectivity index (χ3n) is 4.40. The van der Waals surface area contributed by atoms with E-state index >= 15 is 0 Å². The highest BCUT2D eigenvalue weighted by Crippen LogP contribution is 2.34. The molecule has 0 aliphatic carbocycles. The number of aliphatic hydroxyl groups excluding tert-OH is 1. The van der Waals surface area contributed by atoms with Crippen molar-refractivity contribution < 1.29 is 28.6 Å². The molecule has 7 heteroatoms. The highest BCUT2D eigenvalue weighted by atomic mass is 19.3. The summed E-state index contributed by atoms with van der Waals surface area (Å²) in [6.45, 7) is 2.13. The van der Waals surface area contributed by atoms with Crippen LogP contribution in [0.25, 0.3) is 0 Å². The Hall–Kier alpha value is -1.94. The van der Waals surface area contributed by atoms with Crippen molar-refractivity contribution in [3.8, 4) is 11.8 Å². The molecule has 1 rings (SSSR count). The Balaban J connectivity index is 2.50. The third-order valence-corrected chi connectivity index (χ3v) is 4.40. The van der Waals surface area contributed by atoms with Crippen molar-refractivity contribution in [3.63, 3.8) is 0 Å². The second kappa shape index (κ2) is 11.7. The van der Waals surface area contributed by atoms with E-state index in [4.69, 9.17) is 5.11 Å². The van der Waals surface area contributed by atoms with Crippen LogP contribution in [0.4, 0.5) is 8.78 Å². The number of rotatable bonds is 11. The van der Waals surface area contributed by atoms with Gasteiger partial charge in [-0.2, -0.15) is 8.78 Å². The summed E-state index contributed by atoms with van der Waals surface area (Å²) >= 11 is 0. The van der Waals surface area contributed by atoms with Crippen LogP contribution in [0.3, 0.4) is 0 Å². The first-order chi connectivity index (χ1) is 12.8. The van der Waals surface area contributed by atoms with Crippen LogP contribution in [0.5, 0.6) is 0 Å². The Morgan fingerprint density at radius 3 is 2.70 bits per heavy atom. The number of carbonyl (C=O) groups excluding carboxylic acids is 1. The van der Waals surface area contributed by atoms with Crippen molar-refractivity contribution in [3.05, 3.63) is 12.2 Å². The largest absolute Gasteiger partial charge is 0.481 e. The molecule has 0 radical (unpaired) electrons. The van der Waals surface area contributed by atoms with Crippen LogP contribution in [0.1, 0.15) is 64.7 Å². The van der Waals surface area contributed by atoms with Gasteiger partial charge in [-0.15, -0.1) is 11.8 Å². The number of alkyl halides is 2. The molecule has 1 amide bonds. The number of aliphatic hydroxyl groups is 1. The molecule has 0 saturated carbocycles. The molecule has 2 atom stereocenters. The molecule has 0 aromatic carbocycles. The van der Waals surface area contributed by atoms with Gasteiger partial charge in [0.1, 0.15) is 0 Å². The van der Waals surface area contributed by atoms with Gasteiger partial charge in [-0.1, -0.05) is 31.9 Å². The molecule has 0 aromatic rings. The Morgan fingerprint density at radius 1 is 1.33 bits per heavy atom. The fourth-order valence-electron chi connectivity index (χ4n) is 2.96. The predicted octanol–water partition coefficient (Wildman–Crippen LogP) is 3.37. The van der Waals surface area contributed by atoms with Crippen LogP contribution in [0, 0.1) is 11.8 Å².